The maximum atomic E-state index is 9.60. The number of carbonyl (C=O) groups is 2. The van der Waals surface area contributed by atoms with Gasteiger partial charge < -0.3 is 10.2 Å². The minimum absolute atomic E-state index is 0.176. The molecular weight excluding hydrogens is 436 g/mol. The van der Waals surface area contributed by atoms with Crippen LogP contribution >= 0.6 is 0 Å². The molecule has 0 aromatic heterocycles. The van der Waals surface area contributed by atoms with Crippen molar-refractivity contribution >= 4 is 38.3 Å². The normalized spacial score (nSPS) is 10.2. The number of fused-ring (bicyclic) bond motifs is 3. The van der Waals surface area contributed by atoms with Gasteiger partial charge in [-0.05, 0) is 13.8 Å². The molecule has 0 heterocycles. The smallest absolute Gasteiger partial charge is 0.0771 e. The van der Waals surface area contributed by atoms with Crippen LogP contribution in [0.3, 0.4) is 0 Å². The molecule has 0 saturated carbocycles. The SMILES string of the molecule is C=C(C)C(=O)O.C=C(C)C(=O)O.[C-]1=CC=CC1.[CH2]=[Ti+2].c1ccc2c(c1)[cH-]c1ccccc12. The summed E-state index contributed by atoms with van der Waals surface area (Å²) in [5, 5.41) is 21.2. The minimum Gasteiger partial charge on any atom is -0.126 e. The van der Waals surface area contributed by atoms with Crippen LogP contribution < -0.4 is 0 Å². The van der Waals surface area contributed by atoms with Gasteiger partial charge in [0.05, 0.1) is 0 Å². The molecule has 5 heteroatoms. The predicted molar refractivity (Wildman–Crippen MR) is 131 cm³/mol. The molecule has 3 aromatic rings. The van der Waals surface area contributed by atoms with E-state index >= 15 is 0 Å². The molecule has 0 saturated heterocycles. The molecule has 3 aromatic carbocycles. The van der Waals surface area contributed by atoms with E-state index in [0.29, 0.717) is 0 Å². The molecule has 32 heavy (non-hydrogen) atoms. The standard InChI is InChI=1S/C13H9.C5H5.2C4H6O2.CH2.Ti/c1-3-7-12-10(5-1)9-11-6-2-4-8-13(11)12;1-2-4-5-3-1;2*1-3(2)4(5)6;;/h1-9H;1-3H,4H2;2*1H2,2H3,(H,5,6);1H2;/q2*-1;;;;+2. The van der Waals surface area contributed by atoms with Crippen LogP contribution in [0, 0.1) is 6.08 Å². The van der Waals surface area contributed by atoms with E-state index in [-0.39, 0.29) is 11.1 Å². The van der Waals surface area contributed by atoms with Gasteiger partial charge in [0, 0.05) is 11.1 Å². The summed E-state index contributed by atoms with van der Waals surface area (Å²) in [6, 6.07) is 19.3. The second-order valence-electron chi connectivity index (χ2n) is 6.49. The molecule has 0 spiro atoms. The fourth-order valence-corrected chi connectivity index (χ4v) is 2.24. The van der Waals surface area contributed by atoms with Gasteiger partial charge in [0.25, 0.3) is 0 Å². The van der Waals surface area contributed by atoms with E-state index in [1.807, 2.05) is 12.2 Å². The second kappa shape index (κ2) is 16.5. The Labute approximate surface area is 201 Å². The Hall–Kier alpha value is -3.21. The zero-order chi connectivity index (χ0) is 24.5. The molecular formula is C27H28O4Ti. The van der Waals surface area contributed by atoms with Gasteiger partial charge in [-0.15, -0.1) is 46.2 Å². The van der Waals surface area contributed by atoms with Crippen LogP contribution in [-0.4, -0.2) is 27.0 Å². The molecule has 0 radical (unpaired) electrons. The first-order chi connectivity index (χ1) is 15.2. The third-order valence-electron chi connectivity index (χ3n) is 3.84. The summed E-state index contributed by atoms with van der Waals surface area (Å²) in [4.78, 5) is 22.4. The molecule has 4 rings (SSSR count). The van der Waals surface area contributed by atoms with Crippen molar-refractivity contribution in [3.63, 3.8) is 0 Å². The van der Waals surface area contributed by atoms with Crippen LogP contribution in [0.25, 0.3) is 21.5 Å². The molecule has 0 unspecified atom stereocenters. The topological polar surface area (TPSA) is 74.6 Å². The first-order valence-electron chi connectivity index (χ1n) is 9.62. The Kier molecular flexibility index (Phi) is 14.8. The van der Waals surface area contributed by atoms with E-state index in [2.05, 4.69) is 84.7 Å². The number of hydrogen-bond donors (Lipinski definition) is 2. The number of benzene rings is 2. The number of rotatable bonds is 2. The van der Waals surface area contributed by atoms with Crippen molar-refractivity contribution in [2.45, 2.75) is 20.3 Å². The Morgan fingerprint density at radius 2 is 1.25 bits per heavy atom. The fourth-order valence-electron chi connectivity index (χ4n) is 2.24. The van der Waals surface area contributed by atoms with Crippen molar-refractivity contribution in [3.8, 4) is 0 Å². The Balaban J connectivity index is 0.000000432. The van der Waals surface area contributed by atoms with Crippen LogP contribution in [0.5, 0.6) is 0 Å². The van der Waals surface area contributed by atoms with E-state index < -0.39 is 11.9 Å². The average molecular weight is 464 g/mol. The van der Waals surface area contributed by atoms with Gasteiger partial charge in [-0.2, -0.15) is 6.08 Å². The summed E-state index contributed by atoms with van der Waals surface area (Å²) in [6.45, 7) is 9.20. The van der Waals surface area contributed by atoms with E-state index in [1.165, 1.54) is 35.4 Å². The number of aliphatic carboxylic acids is 2. The number of carboxylic acids is 2. The zero-order valence-corrected chi connectivity index (χ0v) is 20.0. The van der Waals surface area contributed by atoms with Crippen LogP contribution in [-0.2, 0) is 29.6 Å². The van der Waals surface area contributed by atoms with Crippen molar-refractivity contribution in [3.05, 3.63) is 103 Å². The first kappa shape index (κ1) is 28.8. The predicted octanol–water partition coefficient (Wildman–Crippen LogP) is 6.28. The monoisotopic (exact) mass is 464 g/mol. The maximum Gasteiger partial charge on any atom is -0.0771 e. The molecule has 0 bridgehead atoms. The van der Waals surface area contributed by atoms with Crippen LogP contribution in [0.15, 0.2) is 97.1 Å². The summed E-state index contributed by atoms with van der Waals surface area (Å²) >= 11 is 1.75. The molecule has 0 fully saturated rings. The van der Waals surface area contributed by atoms with Gasteiger partial charge >= 0.3 is 36.7 Å². The summed E-state index contributed by atoms with van der Waals surface area (Å²) in [5.41, 5.74) is 0.352. The average Bonchev–Trinajstić information content (AvgIpc) is 3.47. The summed E-state index contributed by atoms with van der Waals surface area (Å²) < 4.78 is 0. The van der Waals surface area contributed by atoms with E-state index in [1.54, 1.807) is 20.0 Å². The van der Waals surface area contributed by atoms with Gasteiger partial charge in [0.1, 0.15) is 0 Å². The number of carboxylic acid groups (broad SMARTS) is 2. The number of allylic oxidation sites excluding steroid dienone is 4. The summed E-state index contributed by atoms with van der Waals surface area (Å²) in [5.74, 6) is -1.87. The van der Waals surface area contributed by atoms with Crippen molar-refractivity contribution in [1.82, 2.24) is 0 Å². The van der Waals surface area contributed by atoms with Gasteiger partial charge in [-0.3, -0.25) is 6.08 Å². The number of hydrogen-bond acceptors (Lipinski definition) is 2. The molecule has 1 aliphatic rings. The van der Waals surface area contributed by atoms with Crippen LogP contribution in [0.2, 0.25) is 0 Å². The third kappa shape index (κ3) is 11.3. The molecule has 164 valence electrons. The summed E-state index contributed by atoms with van der Waals surface area (Å²) in [7, 11) is 0. The molecule has 2 N–H and O–H groups in total. The van der Waals surface area contributed by atoms with Crippen molar-refractivity contribution in [2.24, 2.45) is 0 Å². The molecule has 0 aliphatic heterocycles. The van der Waals surface area contributed by atoms with Gasteiger partial charge in [0.2, 0.25) is 0 Å². The molecule has 4 nitrogen and oxygen atoms in total. The Morgan fingerprint density at radius 3 is 1.50 bits per heavy atom. The van der Waals surface area contributed by atoms with E-state index in [9.17, 15) is 9.59 Å². The fraction of sp³-hybridized carbons (Fsp3) is 0.111. The first-order valence-corrected chi connectivity index (χ1v) is 10.7. The van der Waals surface area contributed by atoms with Gasteiger partial charge in [-0.25, -0.2) is 21.7 Å². The van der Waals surface area contributed by atoms with Crippen molar-refractivity contribution in [1.29, 1.82) is 0 Å². The molecule has 0 atom stereocenters. The Morgan fingerprint density at radius 1 is 0.875 bits per heavy atom. The zero-order valence-electron chi connectivity index (χ0n) is 18.5. The summed E-state index contributed by atoms with van der Waals surface area (Å²) in [6.07, 6.45) is 10.0. The third-order valence-corrected chi connectivity index (χ3v) is 3.84. The van der Waals surface area contributed by atoms with Gasteiger partial charge in [0.15, 0.2) is 0 Å². The Bertz CT molecular complexity index is 995. The largest absolute Gasteiger partial charge is 0.126 e. The second-order valence-corrected chi connectivity index (χ2v) is 6.49. The quantitative estimate of drug-likeness (QED) is 0.266. The molecule has 0 amide bonds. The van der Waals surface area contributed by atoms with E-state index in [4.69, 9.17) is 10.2 Å². The maximum absolute atomic E-state index is 9.60. The molecule has 1 aliphatic carbocycles. The van der Waals surface area contributed by atoms with E-state index in [0.717, 1.165) is 6.42 Å². The van der Waals surface area contributed by atoms with Crippen LogP contribution in [0.4, 0.5) is 0 Å². The minimum atomic E-state index is -0.935. The van der Waals surface area contributed by atoms with Crippen molar-refractivity contribution < 1.29 is 39.8 Å². The van der Waals surface area contributed by atoms with Crippen LogP contribution in [0.1, 0.15) is 20.3 Å². The van der Waals surface area contributed by atoms with Gasteiger partial charge in [-0.1, -0.05) is 49.6 Å². The van der Waals surface area contributed by atoms with Crippen molar-refractivity contribution in [2.75, 3.05) is 0 Å².